The van der Waals surface area contributed by atoms with Crippen molar-refractivity contribution in [3.05, 3.63) is 71.8 Å². The van der Waals surface area contributed by atoms with Crippen LogP contribution in [0.5, 0.6) is 0 Å². The number of Topliss-reactive ketones (excluding diaryl/α,β-unsaturated/α-hetero) is 2. The van der Waals surface area contributed by atoms with E-state index in [1.165, 1.54) is 14.2 Å². The molecule has 8 atom stereocenters. The van der Waals surface area contributed by atoms with Crippen molar-refractivity contribution in [2.24, 2.45) is 23.7 Å². The lowest BCUT2D eigenvalue weighted by atomic mass is 9.85. The predicted octanol–water partition coefficient (Wildman–Crippen LogP) is 8.18. The van der Waals surface area contributed by atoms with Crippen LogP contribution >= 0.6 is 0 Å². The number of hydrogen-bond acceptors (Lipinski definition) is 12. The molecule has 2 aromatic rings. The topological polar surface area (TPSA) is 164 Å². The first-order valence-electron chi connectivity index (χ1n) is 22.7. The van der Waals surface area contributed by atoms with E-state index in [2.05, 4.69) is 5.32 Å². The van der Waals surface area contributed by atoms with Gasteiger partial charge in [-0.3, -0.25) is 24.0 Å². The first-order chi connectivity index (χ1) is 31.1. The smallest absolute Gasteiger partial charge is 0.446 e. The molecule has 65 heavy (non-hydrogen) atoms. The van der Waals surface area contributed by atoms with Crippen LogP contribution in [0.4, 0.5) is 18.0 Å². The molecule has 4 rings (SSSR count). The normalized spacial score (nSPS) is 18.7. The number of methoxy groups -OCH3 is 4. The molecule has 1 amide bonds. The van der Waals surface area contributed by atoms with Gasteiger partial charge < -0.3 is 33.9 Å². The molecule has 0 bridgehead atoms. The van der Waals surface area contributed by atoms with Crippen molar-refractivity contribution >= 4 is 35.9 Å². The molecule has 2 heterocycles. The number of benzene rings is 2. The molecule has 2 aliphatic rings. The zero-order valence-corrected chi connectivity index (χ0v) is 39.8. The molecule has 0 spiro atoms. The van der Waals surface area contributed by atoms with E-state index in [1.807, 2.05) is 88.4 Å². The SMILES string of the molecule is COC(=O)[C@@H](CC(=O)[C@H](C)[C@@H](OC)[C@@H]1CCCN1)Cc1ccccc1.COC(=O)[C@@H](CC(=O)[C@H](C)[C@@H](OC)[C@@H]1CCCN1C(=O)OC(C)(C)C)Cc1ccccc1.O=CC(F)(F)F.[2H]CC. The molecule has 1 N–H and O–H groups in total. The van der Waals surface area contributed by atoms with Crippen LogP contribution in [0.1, 0.15) is 99.5 Å². The number of aldehydes is 1. The Morgan fingerprint density at radius 1 is 0.769 bits per heavy atom. The molecule has 2 aromatic carbocycles. The Kier molecular flexibility index (Phi) is 25.9. The summed E-state index contributed by atoms with van der Waals surface area (Å²) in [7, 11) is 5.91. The molecule has 0 aromatic heterocycles. The van der Waals surface area contributed by atoms with Gasteiger partial charge in [0.1, 0.15) is 17.2 Å². The molecule has 0 aliphatic carbocycles. The largest absolute Gasteiger partial charge is 0.469 e. The molecule has 0 radical (unpaired) electrons. The number of carbonyl (C=O) groups is 6. The van der Waals surface area contributed by atoms with Crippen LogP contribution in [0.15, 0.2) is 60.7 Å². The zero-order valence-electron chi connectivity index (χ0n) is 40.8. The number of carbonyl (C=O) groups excluding carboxylic acids is 6. The molecular weight excluding hydrogens is 850 g/mol. The van der Waals surface area contributed by atoms with Gasteiger partial charge in [0.25, 0.3) is 0 Å². The highest BCUT2D eigenvalue weighted by molar-refractivity contribution is 5.87. The summed E-state index contributed by atoms with van der Waals surface area (Å²) in [6, 6.07) is 19.2. The molecule has 2 saturated heterocycles. The van der Waals surface area contributed by atoms with Gasteiger partial charge in [0.15, 0.2) is 0 Å². The fourth-order valence-electron chi connectivity index (χ4n) is 7.92. The Morgan fingerprint density at radius 3 is 1.55 bits per heavy atom. The van der Waals surface area contributed by atoms with E-state index < -0.39 is 54.0 Å². The number of nitrogens with one attached hydrogen (secondary N) is 1. The summed E-state index contributed by atoms with van der Waals surface area (Å²) in [6.45, 7) is 13.0. The fraction of sp³-hybridized carbons (Fsp3) is 0.633. The maximum atomic E-state index is 13.2. The monoisotopic (exact) mass is 924 g/mol. The average Bonchev–Trinajstić information content (AvgIpc) is 4.00. The second-order valence-electron chi connectivity index (χ2n) is 16.9. The third-order valence-electron chi connectivity index (χ3n) is 11.1. The van der Waals surface area contributed by atoms with Crippen LogP contribution in [-0.4, -0.2) is 118 Å². The van der Waals surface area contributed by atoms with Gasteiger partial charge in [-0.15, -0.1) is 0 Å². The summed E-state index contributed by atoms with van der Waals surface area (Å²) in [5, 5.41) is 3.40. The van der Waals surface area contributed by atoms with E-state index >= 15 is 0 Å². The first-order valence-corrected chi connectivity index (χ1v) is 22.0. The summed E-state index contributed by atoms with van der Waals surface area (Å²) in [5.74, 6) is -2.56. The molecule has 13 nitrogen and oxygen atoms in total. The van der Waals surface area contributed by atoms with Gasteiger partial charge in [-0.05, 0) is 77.0 Å². The van der Waals surface area contributed by atoms with Crippen molar-refractivity contribution in [2.45, 2.75) is 136 Å². The standard InChI is InChI=1S/C25H37NO6.C20H29NO4.C2HF3O.C2H6/c1-17(21(27)16-19(23(28)31-6)15-18-11-8-7-9-12-18)22(30-5)20-13-10-14-26(20)24(29)32-25(2,3)4;1-14(19(24-2)17-10-7-11-21-17)18(22)13-16(20(23)25-3)12-15-8-5-4-6-9-15;3-2(4,5)1-6;1-2/h7-9,11-12,17,19-20,22H,10,13-16H2,1-6H3;4-6,8-9,14,16-17,19,21H,7,10-13H2,1-3H3;1H;1-2H3/t17-,19+,20-,22+;14-,16+,17-,19+;;/m00../s1/i;;;1D. The summed E-state index contributed by atoms with van der Waals surface area (Å²) < 4.78 is 64.2. The van der Waals surface area contributed by atoms with E-state index in [9.17, 15) is 37.1 Å². The predicted molar refractivity (Wildman–Crippen MR) is 241 cm³/mol. The van der Waals surface area contributed by atoms with Crippen LogP contribution in [0, 0.1) is 23.7 Å². The highest BCUT2D eigenvalue weighted by Crippen LogP contribution is 2.30. The maximum Gasteiger partial charge on any atom is 0.446 e. The van der Waals surface area contributed by atoms with Gasteiger partial charge in [-0.2, -0.15) is 13.2 Å². The fourth-order valence-corrected chi connectivity index (χ4v) is 7.92. The third kappa shape index (κ3) is 21.0. The van der Waals surface area contributed by atoms with Crippen LogP contribution < -0.4 is 5.32 Å². The lowest BCUT2D eigenvalue weighted by Crippen LogP contribution is -2.49. The Hall–Kier alpha value is -4.67. The minimum Gasteiger partial charge on any atom is -0.469 e. The highest BCUT2D eigenvalue weighted by atomic mass is 19.4. The Balaban J connectivity index is 0.000000568. The number of esters is 2. The number of alkyl halides is 3. The summed E-state index contributed by atoms with van der Waals surface area (Å²) in [5.41, 5.74) is 1.40. The van der Waals surface area contributed by atoms with E-state index in [1.54, 1.807) is 33.0 Å². The maximum absolute atomic E-state index is 13.2. The van der Waals surface area contributed by atoms with Gasteiger partial charge in [0.2, 0.25) is 6.29 Å². The van der Waals surface area contributed by atoms with Crippen molar-refractivity contribution in [1.29, 1.82) is 0 Å². The minimum absolute atomic E-state index is 0.0480. The molecule has 2 aliphatic heterocycles. The number of amides is 1. The summed E-state index contributed by atoms with van der Waals surface area (Å²) in [4.78, 5) is 73.6. The number of ether oxygens (including phenoxy) is 5. The number of hydrogen-bond donors (Lipinski definition) is 1. The van der Waals surface area contributed by atoms with E-state index in [4.69, 9.17) is 29.8 Å². The second kappa shape index (κ2) is 29.8. The van der Waals surface area contributed by atoms with E-state index in [0.29, 0.717) is 26.3 Å². The van der Waals surface area contributed by atoms with Crippen molar-refractivity contribution < 1.29 is 67.0 Å². The van der Waals surface area contributed by atoms with Crippen molar-refractivity contribution in [2.75, 3.05) is 41.5 Å². The van der Waals surface area contributed by atoms with Crippen molar-refractivity contribution in [3.63, 3.8) is 0 Å². The van der Waals surface area contributed by atoms with Crippen molar-refractivity contribution in [1.82, 2.24) is 10.2 Å². The van der Waals surface area contributed by atoms with Crippen LogP contribution in [-0.2, 0) is 60.5 Å². The Labute approximate surface area is 385 Å². The lowest BCUT2D eigenvalue weighted by molar-refractivity contribution is -0.156. The highest BCUT2D eigenvalue weighted by Gasteiger charge is 2.42. The number of halogens is 3. The van der Waals surface area contributed by atoms with Crippen LogP contribution in [0.2, 0.25) is 0 Å². The third-order valence-corrected chi connectivity index (χ3v) is 11.1. The van der Waals surface area contributed by atoms with Gasteiger partial charge in [-0.25, -0.2) is 4.79 Å². The molecule has 0 unspecified atom stereocenters. The van der Waals surface area contributed by atoms with Crippen molar-refractivity contribution in [3.8, 4) is 0 Å². The quantitative estimate of drug-likeness (QED) is 0.0868. The molecule has 366 valence electrons. The van der Waals surface area contributed by atoms with Crippen LogP contribution in [0.3, 0.4) is 0 Å². The number of nitrogens with zero attached hydrogens (tertiary/aromatic N) is 1. The molecule has 2 fully saturated rings. The first kappa shape index (κ1) is 56.5. The Bertz CT molecular complexity index is 1740. The summed E-state index contributed by atoms with van der Waals surface area (Å²) in [6.07, 6.45) is -1.89. The lowest BCUT2D eigenvalue weighted by Gasteiger charge is -2.35. The molecule has 16 heteroatoms. The van der Waals surface area contributed by atoms with E-state index in [-0.39, 0.29) is 54.5 Å². The zero-order chi connectivity index (χ0) is 50.0. The van der Waals surface area contributed by atoms with Crippen LogP contribution in [0.25, 0.3) is 0 Å². The molecular formula is C49H73F3N2O11. The van der Waals surface area contributed by atoms with E-state index in [0.717, 1.165) is 43.4 Å². The van der Waals surface area contributed by atoms with Gasteiger partial charge in [0.05, 0.1) is 44.3 Å². The number of rotatable bonds is 18. The van der Waals surface area contributed by atoms with Gasteiger partial charge >= 0.3 is 24.2 Å². The number of likely N-dealkylation sites (tertiary alicyclic amines) is 1. The summed E-state index contributed by atoms with van der Waals surface area (Å²) >= 11 is 0. The second-order valence-corrected chi connectivity index (χ2v) is 16.9. The minimum atomic E-state index is -4.64. The average molecular weight is 924 g/mol. The van der Waals surface area contributed by atoms with Gasteiger partial charge in [0, 0.05) is 52.9 Å². The van der Waals surface area contributed by atoms with Gasteiger partial charge in [-0.1, -0.05) is 88.3 Å². The Morgan fingerprint density at radius 2 is 1.20 bits per heavy atom. The molecule has 0 saturated carbocycles. The number of ketones is 2.